The smallest absolute Gasteiger partial charge is 0.233 e. The molecule has 29 heavy (non-hydrogen) atoms. The number of fused-ring (bicyclic) bond motifs is 2. The van der Waals surface area contributed by atoms with Gasteiger partial charge < -0.3 is 15.2 Å². The molecule has 0 amide bonds. The minimum atomic E-state index is -1.05. The van der Waals surface area contributed by atoms with Gasteiger partial charge >= 0.3 is 0 Å². The molecule has 7 nitrogen and oxygen atoms in total. The van der Waals surface area contributed by atoms with E-state index in [9.17, 15) is 9.50 Å². The molecule has 1 aromatic carbocycles. The highest BCUT2D eigenvalue weighted by molar-refractivity contribution is 5.73. The fourth-order valence-corrected chi connectivity index (χ4v) is 4.29. The number of nitrogens with one attached hydrogen (secondary N) is 2. The largest absolute Gasteiger partial charge is 0.507 e. The molecule has 3 aromatic rings. The van der Waals surface area contributed by atoms with E-state index in [-0.39, 0.29) is 11.8 Å². The molecule has 2 fully saturated rings. The summed E-state index contributed by atoms with van der Waals surface area (Å²) < 4.78 is 20.5. The molecule has 2 aliphatic heterocycles. The van der Waals surface area contributed by atoms with E-state index in [2.05, 4.69) is 25.7 Å². The highest BCUT2D eigenvalue weighted by Crippen LogP contribution is 2.33. The molecule has 2 saturated heterocycles. The lowest BCUT2D eigenvalue weighted by atomic mass is 9.84. The lowest BCUT2D eigenvalue weighted by Crippen LogP contribution is -2.59. The second kappa shape index (κ2) is 7.44. The average molecular weight is 395 g/mol. The molecule has 5 rings (SSSR count). The number of aromatic nitrogens is 4. The number of H-pyrrole nitrogens is 1. The van der Waals surface area contributed by atoms with Crippen LogP contribution >= 0.6 is 0 Å². The van der Waals surface area contributed by atoms with Crippen LogP contribution in [0.2, 0.25) is 0 Å². The van der Waals surface area contributed by atoms with Crippen molar-refractivity contribution in [2.24, 2.45) is 0 Å². The average Bonchev–Trinajstić information content (AvgIpc) is 3.28. The summed E-state index contributed by atoms with van der Waals surface area (Å²) in [5.74, 6) is 0.401. The van der Waals surface area contributed by atoms with Crippen LogP contribution in [0.4, 0.5) is 4.39 Å². The lowest BCUT2D eigenvalue weighted by molar-refractivity contribution is 0.00652. The molecule has 150 valence electrons. The molecular formula is C21H22FN5O2. The van der Waals surface area contributed by atoms with Crippen molar-refractivity contribution in [3.63, 3.8) is 0 Å². The van der Waals surface area contributed by atoms with Crippen molar-refractivity contribution in [1.82, 2.24) is 25.7 Å². The van der Waals surface area contributed by atoms with E-state index in [0.717, 1.165) is 30.4 Å². The van der Waals surface area contributed by atoms with E-state index in [1.807, 2.05) is 6.07 Å². The number of aromatic hydroxyl groups is 1. The van der Waals surface area contributed by atoms with Gasteiger partial charge in [0.25, 0.3) is 0 Å². The van der Waals surface area contributed by atoms with Crippen LogP contribution in [0.25, 0.3) is 22.4 Å². The van der Waals surface area contributed by atoms with Crippen LogP contribution in [0.5, 0.6) is 11.6 Å². The molecule has 2 unspecified atom stereocenters. The molecule has 3 N–H and O–H groups in total. The first-order valence-corrected chi connectivity index (χ1v) is 9.90. The summed E-state index contributed by atoms with van der Waals surface area (Å²) in [5.41, 5.74) is 2.82. The van der Waals surface area contributed by atoms with E-state index < -0.39 is 12.3 Å². The number of phenols is 1. The van der Waals surface area contributed by atoms with Crippen LogP contribution in [0.1, 0.15) is 25.7 Å². The lowest BCUT2D eigenvalue weighted by Gasteiger charge is -2.42. The molecule has 0 spiro atoms. The third kappa shape index (κ3) is 3.55. The molecular weight excluding hydrogens is 373 g/mol. The zero-order valence-corrected chi connectivity index (χ0v) is 15.8. The van der Waals surface area contributed by atoms with Gasteiger partial charge in [-0.3, -0.25) is 5.10 Å². The van der Waals surface area contributed by atoms with Crippen LogP contribution < -0.4 is 10.1 Å². The first-order valence-electron chi connectivity index (χ1n) is 9.90. The summed E-state index contributed by atoms with van der Waals surface area (Å²) >= 11 is 0. The molecule has 2 aliphatic rings. The van der Waals surface area contributed by atoms with Gasteiger partial charge in [0.2, 0.25) is 5.88 Å². The second-order valence-corrected chi connectivity index (χ2v) is 7.71. The second-order valence-electron chi connectivity index (χ2n) is 7.71. The Kier molecular flexibility index (Phi) is 4.63. The summed E-state index contributed by atoms with van der Waals surface area (Å²) in [6.45, 7) is 0. The summed E-state index contributed by atoms with van der Waals surface area (Å²) in [6, 6.07) is 8.91. The Hall–Kier alpha value is -3.00. The Bertz CT molecular complexity index is 979. The van der Waals surface area contributed by atoms with Gasteiger partial charge in [-0.15, -0.1) is 10.2 Å². The van der Waals surface area contributed by atoms with E-state index in [4.69, 9.17) is 4.74 Å². The molecule has 4 atom stereocenters. The van der Waals surface area contributed by atoms with Crippen LogP contribution in [0.3, 0.4) is 0 Å². The van der Waals surface area contributed by atoms with Crippen LogP contribution in [0, 0.1) is 0 Å². The highest BCUT2D eigenvalue weighted by Gasteiger charge is 2.41. The van der Waals surface area contributed by atoms with Crippen molar-refractivity contribution in [3.8, 4) is 34.0 Å². The third-order valence-corrected chi connectivity index (χ3v) is 5.79. The number of hydrogen-bond acceptors (Lipinski definition) is 6. The van der Waals surface area contributed by atoms with Crippen molar-refractivity contribution in [3.05, 3.63) is 42.7 Å². The van der Waals surface area contributed by atoms with E-state index in [0.29, 0.717) is 29.6 Å². The van der Waals surface area contributed by atoms with Gasteiger partial charge in [-0.1, -0.05) is 12.5 Å². The Morgan fingerprint density at radius 3 is 2.79 bits per heavy atom. The Morgan fingerprint density at radius 2 is 2.03 bits per heavy atom. The van der Waals surface area contributed by atoms with Gasteiger partial charge in [0.1, 0.15) is 11.9 Å². The van der Waals surface area contributed by atoms with Crippen LogP contribution in [-0.2, 0) is 0 Å². The third-order valence-electron chi connectivity index (χ3n) is 5.79. The first-order chi connectivity index (χ1) is 14.2. The number of nitrogens with zero attached hydrogens (tertiary/aromatic N) is 3. The number of hydrogen-bond donors (Lipinski definition) is 3. The number of aromatic amines is 1. The predicted octanol–water partition coefficient (Wildman–Crippen LogP) is 3.24. The molecule has 8 heteroatoms. The maximum atomic E-state index is 14.7. The van der Waals surface area contributed by atoms with Crippen LogP contribution in [-0.4, -0.2) is 49.9 Å². The minimum absolute atomic E-state index is 0.0988. The minimum Gasteiger partial charge on any atom is -0.507 e. The quantitative estimate of drug-likeness (QED) is 0.628. The topological polar surface area (TPSA) is 96.0 Å². The zero-order valence-electron chi connectivity index (χ0n) is 15.8. The molecule has 4 heterocycles. The van der Waals surface area contributed by atoms with Gasteiger partial charge in [0, 0.05) is 41.9 Å². The fraction of sp³-hybridized carbons (Fsp3) is 0.381. The number of phenolic OH excluding ortho intramolecular Hbond substituents is 1. The number of rotatable bonds is 4. The summed E-state index contributed by atoms with van der Waals surface area (Å²) in [5, 5.41) is 28.7. The van der Waals surface area contributed by atoms with Crippen molar-refractivity contribution >= 4 is 0 Å². The number of halogens is 1. The Morgan fingerprint density at radius 1 is 1.10 bits per heavy atom. The Labute approximate surface area is 167 Å². The van der Waals surface area contributed by atoms with Gasteiger partial charge in [0.15, 0.2) is 6.17 Å². The number of ether oxygens (including phenoxy) is 1. The van der Waals surface area contributed by atoms with Gasteiger partial charge in [-0.05, 0) is 36.6 Å². The standard InChI is InChI=1S/C21H22FN5O2/c22-21-17-3-1-2-14(25-17)9-19(21)29-20-7-6-16(26-27-20)15-5-4-12(8-18(15)28)13-10-23-24-11-13/h4-8,10-11,14,17,19,21,25,28H,1-3,9H2,(H,23,24)/t14?,17?,19-,21-/m1/s1. The zero-order chi connectivity index (χ0) is 19.8. The molecule has 0 saturated carbocycles. The van der Waals surface area contributed by atoms with Gasteiger partial charge in [0.05, 0.1) is 11.9 Å². The number of alkyl halides is 1. The van der Waals surface area contributed by atoms with Crippen molar-refractivity contribution < 1.29 is 14.2 Å². The number of benzene rings is 1. The summed E-state index contributed by atoms with van der Waals surface area (Å²) in [7, 11) is 0. The Balaban J connectivity index is 1.31. The maximum absolute atomic E-state index is 14.7. The first kappa shape index (κ1) is 18.1. The maximum Gasteiger partial charge on any atom is 0.233 e. The molecule has 2 bridgehead atoms. The summed E-state index contributed by atoms with van der Waals surface area (Å²) in [6.07, 6.45) is 5.49. The van der Waals surface area contributed by atoms with Gasteiger partial charge in [-0.25, -0.2) is 4.39 Å². The predicted molar refractivity (Wildman–Crippen MR) is 105 cm³/mol. The number of piperidine rings is 2. The fourth-order valence-electron chi connectivity index (χ4n) is 4.29. The van der Waals surface area contributed by atoms with E-state index in [1.54, 1.807) is 36.7 Å². The molecule has 2 aromatic heterocycles. The summed E-state index contributed by atoms with van der Waals surface area (Å²) in [4.78, 5) is 0. The van der Waals surface area contributed by atoms with Crippen molar-refractivity contribution in [2.75, 3.05) is 0 Å². The van der Waals surface area contributed by atoms with E-state index >= 15 is 0 Å². The normalized spacial score (nSPS) is 26.2. The van der Waals surface area contributed by atoms with Crippen LogP contribution in [0.15, 0.2) is 42.7 Å². The SMILES string of the molecule is Oc1cc(-c2cn[nH]c2)ccc1-c1ccc(O[C@@H]2CC3CCCC(N3)[C@H]2F)nn1. The molecule has 0 aliphatic carbocycles. The van der Waals surface area contributed by atoms with Gasteiger partial charge in [-0.2, -0.15) is 5.10 Å². The van der Waals surface area contributed by atoms with Crippen molar-refractivity contribution in [1.29, 1.82) is 0 Å². The van der Waals surface area contributed by atoms with Crippen molar-refractivity contribution in [2.45, 2.75) is 50.0 Å². The monoisotopic (exact) mass is 395 g/mol. The molecule has 0 radical (unpaired) electrons. The highest BCUT2D eigenvalue weighted by atomic mass is 19.1. The van der Waals surface area contributed by atoms with E-state index in [1.165, 1.54) is 0 Å².